The molecular weight excluding hydrogens is 370 g/mol. The van der Waals surface area contributed by atoms with E-state index in [1.165, 1.54) is 0 Å². The second-order valence-corrected chi connectivity index (χ2v) is 7.98. The molecule has 1 aliphatic heterocycles. The molecule has 1 aromatic carbocycles. The van der Waals surface area contributed by atoms with E-state index in [1.807, 2.05) is 61.6 Å². The zero-order valence-electron chi connectivity index (χ0n) is 17.2. The van der Waals surface area contributed by atoms with E-state index < -0.39 is 17.5 Å². The van der Waals surface area contributed by atoms with Gasteiger partial charge in [-0.25, -0.2) is 4.98 Å². The van der Waals surface area contributed by atoms with E-state index in [4.69, 9.17) is 4.74 Å². The number of anilines is 1. The molecule has 1 fully saturated rings. The van der Waals surface area contributed by atoms with Crippen molar-refractivity contribution < 1.29 is 19.7 Å². The van der Waals surface area contributed by atoms with Crippen molar-refractivity contribution >= 4 is 11.8 Å². The number of hydrogen-bond acceptors (Lipinski definition) is 6. The maximum atomic E-state index is 12.4. The second kappa shape index (κ2) is 8.80. The van der Waals surface area contributed by atoms with E-state index in [0.29, 0.717) is 18.7 Å². The average Bonchev–Trinajstić information content (AvgIpc) is 2.70. The number of aromatic nitrogens is 1. The SMILES string of the molecule is COc1cccc(C[C@@]2(C(=O)O)CN(c3ccc(CN(C)C)cn3)CC[C@@H]2O)c1. The summed E-state index contributed by atoms with van der Waals surface area (Å²) < 4.78 is 5.26. The van der Waals surface area contributed by atoms with E-state index in [-0.39, 0.29) is 13.0 Å². The van der Waals surface area contributed by atoms with Crippen molar-refractivity contribution in [3.63, 3.8) is 0 Å². The summed E-state index contributed by atoms with van der Waals surface area (Å²) in [5, 5.41) is 20.8. The van der Waals surface area contributed by atoms with Gasteiger partial charge < -0.3 is 24.7 Å². The summed E-state index contributed by atoms with van der Waals surface area (Å²) in [5.74, 6) is 0.403. The van der Waals surface area contributed by atoms with Gasteiger partial charge in [0.25, 0.3) is 0 Å². The third kappa shape index (κ3) is 4.68. The largest absolute Gasteiger partial charge is 0.497 e. The molecule has 2 atom stereocenters. The summed E-state index contributed by atoms with van der Waals surface area (Å²) in [5.41, 5.74) is 0.604. The summed E-state index contributed by atoms with van der Waals surface area (Å²) in [6.45, 7) is 1.55. The molecule has 0 amide bonds. The predicted octanol–water partition coefficient (Wildman–Crippen LogP) is 2.04. The predicted molar refractivity (Wildman–Crippen MR) is 111 cm³/mol. The van der Waals surface area contributed by atoms with Crippen molar-refractivity contribution in [3.8, 4) is 5.75 Å². The van der Waals surface area contributed by atoms with Gasteiger partial charge in [0.05, 0.1) is 13.2 Å². The van der Waals surface area contributed by atoms with Crippen LogP contribution in [0.3, 0.4) is 0 Å². The molecule has 29 heavy (non-hydrogen) atoms. The third-order valence-electron chi connectivity index (χ3n) is 5.49. The smallest absolute Gasteiger partial charge is 0.314 e. The van der Waals surface area contributed by atoms with Gasteiger partial charge in [-0.1, -0.05) is 18.2 Å². The van der Waals surface area contributed by atoms with Gasteiger partial charge in [0, 0.05) is 25.8 Å². The van der Waals surface area contributed by atoms with Crippen molar-refractivity contribution in [2.75, 3.05) is 39.2 Å². The molecule has 1 saturated heterocycles. The van der Waals surface area contributed by atoms with Gasteiger partial charge in [-0.3, -0.25) is 4.79 Å². The third-order valence-corrected chi connectivity index (χ3v) is 5.49. The van der Waals surface area contributed by atoms with Gasteiger partial charge >= 0.3 is 5.97 Å². The van der Waals surface area contributed by atoms with Crippen LogP contribution in [0.2, 0.25) is 0 Å². The number of carboxylic acids is 1. The fraction of sp³-hybridized carbons (Fsp3) is 0.455. The maximum Gasteiger partial charge on any atom is 0.314 e. The molecule has 0 radical (unpaired) electrons. The van der Waals surface area contributed by atoms with E-state index >= 15 is 0 Å². The lowest BCUT2D eigenvalue weighted by atomic mass is 9.73. The molecule has 2 aromatic rings. The van der Waals surface area contributed by atoms with E-state index in [1.54, 1.807) is 7.11 Å². The summed E-state index contributed by atoms with van der Waals surface area (Å²) >= 11 is 0. The highest BCUT2D eigenvalue weighted by Crippen LogP contribution is 2.36. The van der Waals surface area contributed by atoms with E-state index in [0.717, 1.165) is 23.5 Å². The highest BCUT2D eigenvalue weighted by Gasteiger charge is 2.49. The zero-order valence-corrected chi connectivity index (χ0v) is 17.2. The number of carboxylic acid groups (broad SMARTS) is 1. The highest BCUT2D eigenvalue weighted by atomic mass is 16.5. The Labute approximate surface area is 171 Å². The van der Waals surface area contributed by atoms with Crippen molar-refractivity contribution in [2.45, 2.75) is 25.5 Å². The van der Waals surface area contributed by atoms with E-state index in [9.17, 15) is 15.0 Å². The van der Waals surface area contributed by atoms with Crippen LogP contribution in [0.5, 0.6) is 5.75 Å². The molecule has 156 valence electrons. The molecule has 1 aromatic heterocycles. The van der Waals surface area contributed by atoms with Gasteiger partial charge in [0.2, 0.25) is 0 Å². The van der Waals surface area contributed by atoms with E-state index in [2.05, 4.69) is 9.88 Å². The molecule has 7 nitrogen and oxygen atoms in total. The number of hydrogen-bond donors (Lipinski definition) is 2. The molecule has 0 unspecified atom stereocenters. The van der Waals surface area contributed by atoms with Crippen LogP contribution in [0.1, 0.15) is 17.5 Å². The minimum Gasteiger partial charge on any atom is -0.497 e. The first-order valence-corrected chi connectivity index (χ1v) is 9.73. The Morgan fingerprint density at radius 1 is 1.31 bits per heavy atom. The molecule has 0 bridgehead atoms. The van der Waals surface area contributed by atoms with Crippen LogP contribution in [-0.4, -0.2) is 66.5 Å². The molecule has 2 N–H and O–H groups in total. The Balaban J connectivity index is 1.85. The van der Waals surface area contributed by atoms with Gasteiger partial charge in [-0.15, -0.1) is 0 Å². The number of benzene rings is 1. The molecule has 0 saturated carbocycles. The molecule has 1 aliphatic rings. The number of carbonyl (C=O) groups is 1. The Bertz CT molecular complexity index is 840. The topological polar surface area (TPSA) is 86.1 Å². The quantitative estimate of drug-likeness (QED) is 0.737. The summed E-state index contributed by atoms with van der Waals surface area (Å²) in [6.07, 6.45) is 1.48. The minimum atomic E-state index is -1.31. The van der Waals surface area contributed by atoms with Crippen LogP contribution in [0, 0.1) is 5.41 Å². The van der Waals surface area contributed by atoms with Crippen LogP contribution in [0.15, 0.2) is 42.6 Å². The first kappa shape index (κ1) is 21.1. The number of piperidine rings is 1. The lowest BCUT2D eigenvalue weighted by Gasteiger charge is -2.44. The molecule has 3 rings (SSSR count). The average molecular weight is 399 g/mol. The molecule has 2 heterocycles. The van der Waals surface area contributed by atoms with Gasteiger partial charge in [-0.2, -0.15) is 0 Å². The fourth-order valence-corrected chi connectivity index (χ4v) is 3.94. The normalized spacial score (nSPS) is 22.0. The van der Waals surface area contributed by atoms with Crippen LogP contribution in [0.25, 0.3) is 0 Å². The Morgan fingerprint density at radius 3 is 2.72 bits per heavy atom. The van der Waals surface area contributed by atoms with Crippen LogP contribution >= 0.6 is 0 Å². The van der Waals surface area contributed by atoms with Crippen LogP contribution < -0.4 is 9.64 Å². The standard InChI is InChI=1S/C22H29N3O4/c1-24(2)14-17-7-8-20(23-13-17)25-10-9-19(26)22(15-25,21(27)28)12-16-5-4-6-18(11-16)29-3/h4-8,11,13,19,26H,9-10,12,14-15H2,1-3H3,(H,27,28)/t19-,22+/m0/s1. The highest BCUT2D eigenvalue weighted by molar-refractivity contribution is 5.77. The van der Waals surface area contributed by atoms with Gasteiger partial charge in [0.15, 0.2) is 0 Å². The summed E-state index contributed by atoms with van der Waals surface area (Å²) in [7, 11) is 5.58. The first-order chi connectivity index (χ1) is 13.8. The summed E-state index contributed by atoms with van der Waals surface area (Å²) in [6, 6.07) is 11.3. The number of aliphatic hydroxyl groups excluding tert-OH is 1. The Kier molecular flexibility index (Phi) is 6.39. The monoisotopic (exact) mass is 399 g/mol. The lowest BCUT2D eigenvalue weighted by molar-refractivity contribution is -0.157. The number of aliphatic carboxylic acids is 1. The number of rotatable bonds is 7. The maximum absolute atomic E-state index is 12.4. The Hall–Kier alpha value is -2.64. The fourth-order valence-electron chi connectivity index (χ4n) is 3.94. The molecule has 0 spiro atoms. The Morgan fingerprint density at radius 2 is 2.10 bits per heavy atom. The van der Waals surface area contributed by atoms with Crippen LogP contribution in [0.4, 0.5) is 5.82 Å². The number of pyridine rings is 1. The molecule has 7 heteroatoms. The molecular formula is C22H29N3O4. The number of methoxy groups -OCH3 is 1. The number of ether oxygens (including phenoxy) is 1. The van der Waals surface area contributed by atoms with Crippen molar-refractivity contribution in [2.24, 2.45) is 5.41 Å². The van der Waals surface area contributed by atoms with Crippen molar-refractivity contribution in [1.82, 2.24) is 9.88 Å². The second-order valence-electron chi connectivity index (χ2n) is 7.98. The van der Waals surface area contributed by atoms with Crippen molar-refractivity contribution in [1.29, 1.82) is 0 Å². The number of aliphatic hydroxyl groups is 1. The first-order valence-electron chi connectivity index (χ1n) is 9.73. The van der Waals surface area contributed by atoms with Gasteiger partial charge in [0.1, 0.15) is 17.0 Å². The number of nitrogens with zero attached hydrogens (tertiary/aromatic N) is 3. The van der Waals surface area contributed by atoms with Crippen LogP contribution in [-0.2, 0) is 17.8 Å². The minimum absolute atomic E-state index is 0.195. The van der Waals surface area contributed by atoms with Crippen molar-refractivity contribution in [3.05, 3.63) is 53.7 Å². The summed E-state index contributed by atoms with van der Waals surface area (Å²) in [4.78, 5) is 20.9. The lowest BCUT2D eigenvalue weighted by Crippen LogP contribution is -2.57. The zero-order chi connectivity index (χ0) is 21.0. The van der Waals surface area contributed by atoms with Gasteiger partial charge in [-0.05, 0) is 56.3 Å². The molecule has 0 aliphatic carbocycles.